The quantitative estimate of drug-likeness (QED) is 0.483. The predicted octanol–water partition coefficient (Wildman–Crippen LogP) is -0.161. The summed E-state index contributed by atoms with van der Waals surface area (Å²) < 4.78 is 12.8. The van der Waals surface area contributed by atoms with Crippen LogP contribution in [0, 0.1) is 0 Å². The molecule has 4 heteroatoms. The smallest absolute Gasteiger partial charge is 0.216 e. The van der Waals surface area contributed by atoms with Gasteiger partial charge in [0.05, 0.1) is 26.4 Å². The maximum atomic E-state index is 5.30. The van der Waals surface area contributed by atoms with Crippen LogP contribution in [0.3, 0.4) is 0 Å². The van der Waals surface area contributed by atoms with Gasteiger partial charge in [0.1, 0.15) is 18.5 Å². The van der Waals surface area contributed by atoms with Gasteiger partial charge in [-0.1, -0.05) is 0 Å². The van der Waals surface area contributed by atoms with E-state index in [2.05, 4.69) is 29.8 Å². The molecular weight excluding hydrogens is 274 g/mol. The van der Waals surface area contributed by atoms with Crippen molar-refractivity contribution in [3.05, 3.63) is 42.5 Å². The Labute approximate surface area is 124 Å². The molecule has 0 saturated carbocycles. The fraction of sp³-hybridized carbons (Fsp3) is 0.188. The standard InChI is InChI=1S/C16H16NO2.ClH/c1-17-15-9-13(18-2)6-4-11(15)8-12-5-7-14(19-3)10-16(12)17;/h4-10H,1-3H3;1H/q+1;/p-1. The second-order valence-electron chi connectivity index (χ2n) is 4.55. The number of pyridine rings is 1. The SMILES string of the molecule is COc1ccc2cc3ccc(OC)cc3[n+](C)c2c1.[Cl-]. The molecule has 3 aromatic rings. The highest BCUT2D eigenvalue weighted by Gasteiger charge is 2.13. The average molecular weight is 290 g/mol. The maximum Gasteiger partial charge on any atom is 0.216 e. The van der Waals surface area contributed by atoms with Crippen LogP contribution in [-0.2, 0) is 7.05 Å². The van der Waals surface area contributed by atoms with Gasteiger partial charge in [-0.05, 0) is 30.3 Å². The number of aryl methyl sites for hydroxylation is 1. The van der Waals surface area contributed by atoms with Crippen LogP contribution in [0.25, 0.3) is 21.8 Å². The van der Waals surface area contributed by atoms with E-state index in [1.807, 2.05) is 24.3 Å². The molecule has 0 radical (unpaired) electrons. The Bertz CT molecular complexity index is 709. The van der Waals surface area contributed by atoms with E-state index in [4.69, 9.17) is 9.47 Å². The summed E-state index contributed by atoms with van der Waals surface area (Å²) >= 11 is 0. The molecule has 2 aromatic carbocycles. The maximum absolute atomic E-state index is 5.30. The van der Waals surface area contributed by atoms with Gasteiger partial charge >= 0.3 is 0 Å². The minimum Gasteiger partial charge on any atom is -1.00 e. The Balaban J connectivity index is 0.00000147. The number of methoxy groups -OCH3 is 2. The molecule has 0 aliphatic carbocycles. The van der Waals surface area contributed by atoms with Crippen molar-refractivity contribution in [1.29, 1.82) is 0 Å². The molecule has 1 aromatic heterocycles. The molecule has 0 bridgehead atoms. The largest absolute Gasteiger partial charge is 1.00 e. The van der Waals surface area contributed by atoms with Crippen LogP contribution >= 0.6 is 0 Å². The highest BCUT2D eigenvalue weighted by atomic mass is 35.5. The number of aromatic nitrogens is 1. The molecule has 0 aliphatic rings. The Hall–Kier alpha value is -2.00. The lowest BCUT2D eigenvalue weighted by atomic mass is 10.1. The van der Waals surface area contributed by atoms with Gasteiger partial charge in [0, 0.05) is 10.8 Å². The van der Waals surface area contributed by atoms with E-state index in [0.717, 1.165) is 22.5 Å². The molecule has 0 atom stereocenters. The zero-order chi connectivity index (χ0) is 13.4. The van der Waals surface area contributed by atoms with Gasteiger partial charge in [0.25, 0.3) is 0 Å². The van der Waals surface area contributed by atoms with Crippen molar-refractivity contribution >= 4 is 21.8 Å². The first-order chi connectivity index (χ1) is 9.22. The van der Waals surface area contributed by atoms with Gasteiger partial charge in [-0.3, -0.25) is 0 Å². The van der Waals surface area contributed by atoms with Crippen molar-refractivity contribution < 1.29 is 26.4 Å². The van der Waals surface area contributed by atoms with Crippen molar-refractivity contribution in [3.8, 4) is 11.5 Å². The molecule has 20 heavy (non-hydrogen) atoms. The minimum absolute atomic E-state index is 0. The third-order valence-corrected chi connectivity index (χ3v) is 3.51. The molecule has 0 unspecified atom stereocenters. The van der Waals surface area contributed by atoms with Crippen LogP contribution in [-0.4, -0.2) is 14.2 Å². The fourth-order valence-electron chi connectivity index (χ4n) is 2.42. The highest BCUT2D eigenvalue weighted by molar-refractivity contribution is 5.89. The van der Waals surface area contributed by atoms with Gasteiger partial charge in [0.2, 0.25) is 11.0 Å². The van der Waals surface area contributed by atoms with E-state index in [9.17, 15) is 0 Å². The third-order valence-electron chi connectivity index (χ3n) is 3.51. The Morgan fingerprint density at radius 3 is 1.60 bits per heavy atom. The number of benzene rings is 2. The number of halogens is 1. The normalized spacial score (nSPS) is 10.3. The second-order valence-corrected chi connectivity index (χ2v) is 4.55. The van der Waals surface area contributed by atoms with Gasteiger partial charge in [-0.2, -0.15) is 4.57 Å². The van der Waals surface area contributed by atoms with E-state index >= 15 is 0 Å². The Kier molecular flexibility index (Phi) is 4.00. The van der Waals surface area contributed by atoms with Crippen molar-refractivity contribution in [2.45, 2.75) is 0 Å². The van der Waals surface area contributed by atoms with E-state index in [0.29, 0.717) is 0 Å². The molecule has 0 saturated heterocycles. The molecule has 0 fully saturated rings. The third kappa shape index (κ3) is 2.25. The molecular formula is C16H16ClNO2. The van der Waals surface area contributed by atoms with E-state index in [-0.39, 0.29) is 12.4 Å². The van der Waals surface area contributed by atoms with Crippen molar-refractivity contribution in [3.63, 3.8) is 0 Å². The van der Waals surface area contributed by atoms with Gasteiger partial charge < -0.3 is 21.9 Å². The van der Waals surface area contributed by atoms with Crippen LogP contribution < -0.4 is 26.4 Å². The van der Waals surface area contributed by atoms with Crippen LogP contribution in [0.15, 0.2) is 42.5 Å². The number of ether oxygens (including phenoxy) is 2. The van der Waals surface area contributed by atoms with Crippen LogP contribution in [0.1, 0.15) is 0 Å². The van der Waals surface area contributed by atoms with Crippen LogP contribution in [0.4, 0.5) is 0 Å². The van der Waals surface area contributed by atoms with Crippen molar-refractivity contribution in [2.24, 2.45) is 7.05 Å². The summed E-state index contributed by atoms with van der Waals surface area (Å²) in [7, 11) is 5.43. The topological polar surface area (TPSA) is 22.3 Å². The van der Waals surface area contributed by atoms with Crippen LogP contribution in [0.2, 0.25) is 0 Å². The lowest BCUT2D eigenvalue weighted by Gasteiger charge is -2.05. The zero-order valence-corrected chi connectivity index (χ0v) is 12.4. The summed E-state index contributed by atoms with van der Waals surface area (Å²) in [6.07, 6.45) is 0. The minimum atomic E-state index is 0. The summed E-state index contributed by atoms with van der Waals surface area (Å²) in [4.78, 5) is 0. The average Bonchev–Trinajstić information content (AvgIpc) is 2.47. The van der Waals surface area contributed by atoms with E-state index in [1.165, 1.54) is 10.8 Å². The molecule has 3 rings (SSSR count). The summed E-state index contributed by atoms with van der Waals surface area (Å²) in [5, 5.41) is 2.39. The lowest BCUT2D eigenvalue weighted by Crippen LogP contribution is -3.00. The van der Waals surface area contributed by atoms with Crippen LogP contribution in [0.5, 0.6) is 11.5 Å². The molecule has 0 N–H and O–H groups in total. The molecule has 1 heterocycles. The van der Waals surface area contributed by atoms with E-state index in [1.54, 1.807) is 14.2 Å². The molecule has 3 nitrogen and oxygen atoms in total. The second kappa shape index (κ2) is 5.55. The fourth-order valence-corrected chi connectivity index (χ4v) is 2.42. The van der Waals surface area contributed by atoms with Crippen molar-refractivity contribution in [1.82, 2.24) is 0 Å². The first-order valence-corrected chi connectivity index (χ1v) is 6.17. The number of fused-ring (bicyclic) bond motifs is 2. The molecule has 0 aliphatic heterocycles. The molecule has 0 spiro atoms. The molecule has 0 amide bonds. The zero-order valence-electron chi connectivity index (χ0n) is 11.7. The first kappa shape index (κ1) is 14.4. The van der Waals surface area contributed by atoms with Crippen molar-refractivity contribution in [2.75, 3.05) is 14.2 Å². The van der Waals surface area contributed by atoms with E-state index < -0.39 is 0 Å². The first-order valence-electron chi connectivity index (χ1n) is 6.17. The summed E-state index contributed by atoms with van der Waals surface area (Å²) in [5.41, 5.74) is 2.28. The number of rotatable bonds is 2. The molecule has 104 valence electrons. The predicted molar refractivity (Wildman–Crippen MR) is 75.7 cm³/mol. The summed E-state index contributed by atoms with van der Waals surface area (Å²) in [6.45, 7) is 0. The Morgan fingerprint density at radius 1 is 0.750 bits per heavy atom. The number of nitrogens with zero attached hydrogens (tertiary/aromatic N) is 1. The number of hydrogen-bond donors (Lipinski definition) is 0. The number of hydrogen-bond acceptors (Lipinski definition) is 2. The lowest BCUT2D eigenvalue weighted by molar-refractivity contribution is -0.617. The summed E-state index contributed by atoms with van der Waals surface area (Å²) in [6, 6.07) is 14.4. The summed E-state index contributed by atoms with van der Waals surface area (Å²) in [5.74, 6) is 1.73. The van der Waals surface area contributed by atoms with Gasteiger partial charge in [-0.25, -0.2) is 0 Å². The highest BCUT2D eigenvalue weighted by Crippen LogP contribution is 2.24. The monoisotopic (exact) mass is 289 g/mol. The van der Waals surface area contributed by atoms with Gasteiger partial charge in [0.15, 0.2) is 0 Å². The van der Waals surface area contributed by atoms with Gasteiger partial charge in [-0.15, -0.1) is 0 Å². The Morgan fingerprint density at radius 2 is 1.20 bits per heavy atom.